The molecule has 0 saturated heterocycles. The number of aromatic nitrogens is 2. The van der Waals surface area contributed by atoms with Gasteiger partial charge in [0, 0.05) is 45.6 Å². The van der Waals surface area contributed by atoms with Gasteiger partial charge in [0.25, 0.3) is 0 Å². The Morgan fingerprint density at radius 3 is 2.06 bits per heavy atom. The van der Waals surface area contributed by atoms with Gasteiger partial charge in [-0.05, 0) is 42.5 Å². The first kappa shape index (κ1) is 17.7. The van der Waals surface area contributed by atoms with Gasteiger partial charge >= 0.3 is 0 Å². The van der Waals surface area contributed by atoms with Crippen molar-refractivity contribution in [1.29, 1.82) is 0 Å². The maximum Gasteiger partial charge on any atom is 0.133 e. The van der Waals surface area contributed by atoms with Crippen LogP contribution >= 0.6 is 0 Å². The molecule has 0 aliphatic heterocycles. The van der Waals surface area contributed by atoms with Gasteiger partial charge < -0.3 is 15.6 Å². The smallest absolute Gasteiger partial charge is 0.133 e. The molecule has 0 amide bonds. The molecule has 0 bridgehead atoms. The number of nitrogens with zero attached hydrogens (tertiary/aromatic N) is 2. The normalized spacial score (nSPS) is 11.5. The van der Waals surface area contributed by atoms with Gasteiger partial charge in [0.15, 0.2) is 0 Å². The molecular weight excluding hydrogens is 380 g/mol. The molecule has 0 aliphatic carbocycles. The molecule has 0 aliphatic rings. The highest BCUT2D eigenvalue weighted by Crippen LogP contribution is 2.41. The van der Waals surface area contributed by atoms with E-state index >= 15 is 0 Å². The SMILES string of the molecule is Cn1c2ccccc2c2cc3c(cc21)c(Nc1ccccc1)c(N)n3-c1ccccc1. The van der Waals surface area contributed by atoms with Gasteiger partial charge in [0.2, 0.25) is 0 Å². The van der Waals surface area contributed by atoms with E-state index in [0.29, 0.717) is 5.82 Å². The third kappa shape index (κ3) is 2.62. The van der Waals surface area contributed by atoms with Crippen LogP contribution in [0.4, 0.5) is 17.2 Å². The number of aryl methyl sites for hydroxylation is 1. The van der Waals surface area contributed by atoms with Crippen LogP contribution in [0.15, 0.2) is 97.1 Å². The predicted molar refractivity (Wildman–Crippen MR) is 131 cm³/mol. The number of benzene rings is 4. The number of para-hydroxylation sites is 3. The average Bonchev–Trinajstić information content (AvgIpc) is 3.25. The Kier molecular flexibility index (Phi) is 3.80. The van der Waals surface area contributed by atoms with E-state index in [1.165, 1.54) is 21.8 Å². The summed E-state index contributed by atoms with van der Waals surface area (Å²) in [6.07, 6.45) is 0. The van der Waals surface area contributed by atoms with Crippen LogP contribution in [0, 0.1) is 0 Å². The predicted octanol–water partition coefficient (Wildman–Crippen LogP) is 6.60. The minimum Gasteiger partial charge on any atom is -0.383 e. The number of nitrogens with one attached hydrogen (secondary N) is 1. The maximum atomic E-state index is 6.77. The lowest BCUT2D eigenvalue weighted by molar-refractivity contribution is 1.01. The molecule has 0 atom stereocenters. The molecule has 0 radical (unpaired) electrons. The molecule has 31 heavy (non-hydrogen) atoms. The second-order valence-corrected chi connectivity index (χ2v) is 7.88. The summed E-state index contributed by atoms with van der Waals surface area (Å²) in [4.78, 5) is 0. The summed E-state index contributed by atoms with van der Waals surface area (Å²) in [7, 11) is 2.12. The monoisotopic (exact) mass is 402 g/mol. The van der Waals surface area contributed by atoms with E-state index in [0.717, 1.165) is 28.0 Å². The van der Waals surface area contributed by atoms with E-state index in [1.807, 2.05) is 36.4 Å². The number of rotatable bonds is 3. The summed E-state index contributed by atoms with van der Waals surface area (Å²) in [6, 6.07) is 33.5. The van der Waals surface area contributed by atoms with Crippen LogP contribution < -0.4 is 11.1 Å². The van der Waals surface area contributed by atoms with E-state index in [9.17, 15) is 0 Å². The molecule has 0 fully saturated rings. The Hall–Kier alpha value is -4.18. The molecule has 0 saturated carbocycles. The molecule has 6 aromatic rings. The fourth-order valence-electron chi connectivity index (χ4n) is 4.61. The molecular formula is C27H22N4. The number of fused-ring (bicyclic) bond motifs is 4. The number of nitrogens with two attached hydrogens (primary N) is 1. The summed E-state index contributed by atoms with van der Waals surface area (Å²) in [5.74, 6) is 0.699. The van der Waals surface area contributed by atoms with Crippen molar-refractivity contribution in [2.24, 2.45) is 7.05 Å². The van der Waals surface area contributed by atoms with Crippen LogP contribution in [0.1, 0.15) is 0 Å². The van der Waals surface area contributed by atoms with Crippen molar-refractivity contribution >= 4 is 49.9 Å². The quantitative estimate of drug-likeness (QED) is 0.350. The summed E-state index contributed by atoms with van der Waals surface area (Å²) < 4.78 is 4.40. The minimum absolute atomic E-state index is 0.699. The van der Waals surface area contributed by atoms with Crippen molar-refractivity contribution < 1.29 is 0 Å². The zero-order chi connectivity index (χ0) is 20.9. The Labute approximate surface area is 180 Å². The Balaban J connectivity index is 1.72. The molecule has 2 aromatic heterocycles. The fourth-order valence-corrected chi connectivity index (χ4v) is 4.61. The molecule has 4 heteroatoms. The van der Waals surface area contributed by atoms with Crippen molar-refractivity contribution in [3.05, 3.63) is 97.1 Å². The zero-order valence-electron chi connectivity index (χ0n) is 17.2. The van der Waals surface area contributed by atoms with E-state index in [-0.39, 0.29) is 0 Å². The molecule has 2 heterocycles. The highest BCUT2D eigenvalue weighted by Gasteiger charge is 2.19. The molecule has 0 unspecified atom stereocenters. The van der Waals surface area contributed by atoms with Gasteiger partial charge in [-0.1, -0.05) is 54.6 Å². The van der Waals surface area contributed by atoms with Crippen molar-refractivity contribution in [2.45, 2.75) is 0 Å². The van der Waals surface area contributed by atoms with Crippen molar-refractivity contribution in [1.82, 2.24) is 9.13 Å². The van der Waals surface area contributed by atoms with Gasteiger partial charge in [0.05, 0.1) is 11.2 Å². The van der Waals surface area contributed by atoms with Gasteiger partial charge in [-0.25, -0.2) is 0 Å². The van der Waals surface area contributed by atoms with E-state index in [2.05, 4.69) is 82.2 Å². The molecule has 3 N–H and O–H groups in total. The second-order valence-electron chi connectivity index (χ2n) is 7.88. The highest BCUT2D eigenvalue weighted by atomic mass is 15.1. The molecule has 0 spiro atoms. The van der Waals surface area contributed by atoms with Crippen LogP contribution in [0.3, 0.4) is 0 Å². The van der Waals surface area contributed by atoms with E-state index in [4.69, 9.17) is 5.73 Å². The first-order chi connectivity index (χ1) is 15.2. The van der Waals surface area contributed by atoms with Crippen molar-refractivity contribution in [3.8, 4) is 5.69 Å². The summed E-state index contributed by atoms with van der Waals surface area (Å²) >= 11 is 0. The minimum atomic E-state index is 0.699. The largest absolute Gasteiger partial charge is 0.383 e. The summed E-state index contributed by atoms with van der Waals surface area (Å²) in [5.41, 5.74) is 13.3. The Bertz CT molecular complexity index is 1560. The third-order valence-electron chi connectivity index (χ3n) is 6.10. The first-order valence-corrected chi connectivity index (χ1v) is 10.4. The van der Waals surface area contributed by atoms with Gasteiger partial charge in [0.1, 0.15) is 5.82 Å². The zero-order valence-corrected chi connectivity index (χ0v) is 17.2. The Morgan fingerprint density at radius 1 is 0.645 bits per heavy atom. The molecule has 6 rings (SSSR count). The number of nitrogen functional groups attached to an aromatic ring is 1. The number of hydrogen-bond acceptors (Lipinski definition) is 2. The summed E-state index contributed by atoms with van der Waals surface area (Å²) in [5, 5.41) is 7.15. The van der Waals surface area contributed by atoms with Crippen LogP contribution in [0.5, 0.6) is 0 Å². The molecule has 4 nitrogen and oxygen atoms in total. The van der Waals surface area contributed by atoms with Gasteiger partial charge in [-0.15, -0.1) is 0 Å². The van der Waals surface area contributed by atoms with Crippen molar-refractivity contribution in [2.75, 3.05) is 11.1 Å². The third-order valence-corrected chi connectivity index (χ3v) is 6.10. The average molecular weight is 403 g/mol. The van der Waals surface area contributed by atoms with Crippen molar-refractivity contribution in [3.63, 3.8) is 0 Å². The second kappa shape index (κ2) is 6.67. The van der Waals surface area contributed by atoms with Gasteiger partial charge in [-0.2, -0.15) is 0 Å². The lowest BCUT2D eigenvalue weighted by Gasteiger charge is -2.09. The highest BCUT2D eigenvalue weighted by molar-refractivity contribution is 6.16. The fraction of sp³-hybridized carbons (Fsp3) is 0.0370. The van der Waals surface area contributed by atoms with Gasteiger partial charge in [-0.3, -0.25) is 4.57 Å². The molecule has 150 valence electrons. The van der Waals surface area contributed by atoms with E-state index < -0.39 is 0 Å². The number of hydrogen-bond donors (Lipinski definition) is 2. The lowest BCUT2D eigenvalue weighted by Crippen LogP contribution is -2.01. The lowest BCUT2D eigenvalue weighted by atomic mass is 10.1. The molecule has 4 aromatic carbocycles. The standard InChI is InChI=1S/C27H22N4/c1-30-23-15-9-8-14-20(23)21-16-25-22(17-24(21)30)26(29-18-10-4-2-5-11-18)27(28)31(25)19-12-6-3-7-13-19/h2-17,29H,28H2,1H3. The van der Waals surface area contributed by atoms with Crippen LogP contribution in [0.25, 0.3) is 38.4 Å². The topological polar surface area (TPSA) is 47.9 Å². The Morgan fingerprint density at radius 2 is 1.29 bits per heavy atom. The number of anilines is 3. The van der Waals surface area contributed by atoms with Crippen LogP contribution in [-0.2, 0) is 7.05 Å². The van der Waals surface area contributed by atoms with E-state index in [1.54, 1.807) is 0 Å². The summed E-state index contributed by atoms with van der Waals surface area (Å²) in [6.45, 7) is 0. The van der Waals surface area contributed by atoms with Crippen LogP contribution in [0.2, 0.25) is 0 Å². The maximum absolute atomic E-state index is 6.77. The van der Waals surface area contributed by atoms with Crippen LogP contribution in [-0.4, -0.2) is 9.13 Å². The first-order valence-electron chi connectivity index (χ1n) is 10.4.